The first-order valence-corrected chi connectivity index (χ1v) is 6.54. The van der Waals surface area contributed by atoms with Crippen LogP contribution in [0.5, 0.6) is 0 Å². The van der Waals surface area contributed by atoms with E-state index >= 15 is 0 Å². The summed E-state index contributed by atoms with van der Waals surface area (Å²) < 4.78 is 4.84. The van der Waals surface area contributed by atoms with Gasteiger partial charge in [-0.15, -0.1) is 0 Å². The second-order valence-corrected chi connectivity index (χ2v) is 6.06. The van der Waals surface area contributed by atoms with Gasteiger partial charge in [-0.1, -0.05) is 0 Å². The molecule has 0 aromatic rings. The van der Waals surface area contributed by atoms with Crippen LogP contribution >= 0.6 is 0 Å². The molecule has 2 fully saturated rings. The zero-order valence-electron chi connectivity index (χ0n) is 11.2. The molecule has 2 aliphatic rings. The van der Waals surface area contributed by atoms with Crippen LogP contribution in [0.3, 0.4) is 0 Å². The van der Waals surface area contributed by atoms with Crippen molar-refractivity contribution in [1.82, 2.24) is 10.2 Å². The fourth-order valence-electron chi connectivity index (χ4n) is 2.95. The molecule has 4 nitrogen and oxygen atoms in total. The van der Waals surface area contributed by atoms with Crippen molar-refractivity contribution in [1.29, 1.82) is 0 Å². The molecule has 2 atom stereocenters. The number of ether oxygens (including phenoxy) is 1. The fourth-order valence-corrected chi connectivity index (χ4v) is 2.95. The van der Waals surface area contributed by atoms with Crippen LogP contribution in [0.4, 0.5) is 0 Å². The van der Waals surface area contributed by atoms with Gasteiger partial charge in [0, 0.05) is 13.1 Å². The number of carbonyl (C=O) groups excluding carboxylic acids is 1. The number of nitrogens with one attached hydrogen (secondary N) is 1. The van der Waals surface area contributed by atoms with Crippen molar-refractivity contribution in [2.45, 2.75) is 20.3 Å². The monoisotopic (exact) mass is 240 g/mol. The first-order valence-electron chi connectivity index (χ1n) is 6.54. The van der Waals surface area contributed by atoms with Crippen LogP contribution in [-0.2, 0) is 9.53 Å². The van der Waals surface area contributed by atoms with Crippen molar-refractivity contribution in [3.8, 4) is 0 Å². The van der Waals surface area contributed by atoms with E-state index in [0.29, 0.717) is 0 Å². The molecule has 98 valence electrons. The molecule has 0 radical (unpaired) electrons. The van der Waals surface area contributed by atoms with Gasteiger partial charge < -0.3 is 15.0 Å². The van der Waals surface area contributed by atoms with Crippen LogP contribution in [-0.4, -0.2) is 50.7 Å². The number of esters is 1. The summed E-state index contributed by atoms with van der Waals surface area (Å²) in [5.41, 5.74) is -0.356. The summed E-state index contributed by atoms with van der Waals surface area (Å²) in [4.78, 5) is 14.1. The van der Waals surface area contributed by atoms with Gasteiger partial charge in [0.2, 0.25) is 0 Å². The molecule has 0 bridgehead atoms. The van der Waals surface area contributed by atoms with Crippen LogP contribution in [0.2, 0.25) is 0 Å². The Kier molecular flexibility index (Phi) is 3.73. The Morgan fingerprint density at radius 2 is 1.94 bits per heavy atom. The Morgan fingerprint density at radius 1 is 1.35 bits per heavy atom. The normalized spacial score (nSPS) is 29.4. The number of fused-ring (bicyclic) bond motifs is 1. The standard InChI is InChI=1S/C13H24N2O2/c1-13(2,12(16)17-3)4-5-15-8-10-6-14-7-11(10)9-15/h10-11,14H,4-9H2,1-3H3/t10-,11+. The summed E-state index contributed by atoms with van der Waals surface area (Å²) >= 11 is 0. The van der Waals surface area contributed by atoms with Crippen molar-refractivity contribution in [2.24, 2.45) is 17.3 Å². The van der Waals surface area contributed by atoms with Crippen LogP contribution in [0.15, 0.2) is 0 Å². The van der Waals surface area contributed by atoms with Gasteiger partial charge in [-0.25, -0.2) is 0 Å². The zero-order chi connectivity index (χ0) is 12.5. The summed E-state index contributed by atoms with van der Waals surface area (Å²) in [6.07, 6.45) is 0.881. The average Bonchev–Trinajstić information content (AvgIpc) is 2.85. The van der Waals surface area contributed by atoms with Crippen molar-refractivity contribution >= 4 is 5.97 Å². The number of nitrogens with zero attached hydrogens (tertiary/aromatic N) is 1. The second-order valence-electron chi connectivity index (χ2n) is 6.06. The van der Waals surface area contributed by atoms with Gasteiger partial charge in [-0.05, 0) is 51.7 Å². The highest BCUT2D eigenvalue weighted by Crippen LogP contribution is 2.28. The smallest absolute Gasteiger partial charge is 0.311 e. The number of methoxy groups -OCH3 is 1. The van der Waals surface area contributed by atoms with Crippen molar-refractivity contribution in [3.05, 3.63) is 0 Å². The Morgan fingerprint density at radius 3 is 2.47 bits per heavy atom. The van der Waals surface area contributed by atoms with Crippen molar-refractivity contribution in [3.63, 3.8) is 0 Å². The van der Waals surface area contributed by atoms with E-state index in [0.717, 1.165) is 24.8 Å². The SMILES string of the molecule is COC(=O)C(C)(C)CCN1C[C@H]2CNC[C@H]2C1. The quantitative estimate of drug-likeness (QED) is 0.736. The summed E-state index contributed by atoms with van der Waals surface area (Å²) in [7, 11) is 1.47. The molecule has 0 aromatic heterocycles. The van der Waals surface area contributed by atoms with Gasteiger partial charge in [-0.3, -0.25) is 4.79 Å². The number of hydrogen-bond acceptors (Lipinski definition) is 4. The van der Waals surface area contributed by atoms with Gasteiger partial charge in [0.15, 0.2) is 0 Å². The fraction of sp³-hybridized carbons (Fsp3) is 0.923. The molecule has 0 unspecified atom stereocenters. The van der Waals surface area contributed by atoms with Gasteiger partial charge in [0.1, 0.15) is 0 Å². The molecule has 2 saturated heterocycles. The number of hydrogen-bond donors (Lipinski definition) is 1. The molecule has 2 aliphatic heterocycles. The lowest BCUT2D eigenvalue weighted by molar-refractivity contribution is -0.151. The van der Waals surface area contributed by atoms with Crippen molar-refractivity contribution < 1.29 is 9.53 Å². The Labute approximate surface area is 104 Å². The van der Waals surface area contributed by atoms with E-state index in [9.17, 15) is 4.79 Å². The van der Waals surface area contributed by atoms with Crippen LogP contribution in [0.1, 0.15) is 20.3 Å². The van der Waals surface area contributed by atoms with Crippen molar-refractivity contribution in [2.75, 3.05) is 39.8 Å². The predicted molar refractivity (Wildman–Crippen MR) is 66.7 cm³/mol. The van der Waals surface area contributed by atoms with E-state index in [1.54, 1.807) is 0 Å². The number of likely N-dealkylation sites (tertiary alicyclic amines) is 1. The molecular weight excluding hydrogens is 216 g/mol. The minimum Gasteiger partial charge on any atom is -0.469 e. The Bertz CT molecular complexity index is 279. The number of carbonyl (C=O) groups is 1. The third-order valence-corrected chi connectivity index (χ3v) is 4.26. The molecular formula is C13H24N2O2. The first kappa shape index (κ1) is 12.8. The lowest BCUT2D eigenvalue weighted by Gasteiger charge is -2.25. The molecule has 1 N–H and O–H groups in total. The molecule has 2 rings (SSSR count). The largest absolute Gasteiger partial charge is 0.469 e. The Balaban J connectivity index is 1.78. The van der Waals surface area contributed by atoms with E-state index in [4.69, 9.17) is 4.74 Å². The topological polar surface area (TPSA) is 41.6 Å². The molecule has 0 amide bonds. The van der Waals surface area contributed by atoms with Gasteiger partial charge in [0.05, 0.1) is 12.5 Å². The molecule has 0 spiro atoms. The van der Waals surface area contributed by atoms with E-state index in [2.05, 4.69) is 10.2 Å². The maximum atomic E-state index is 11.6. The highest BCUT2D eigenvalue weighted by molar-refractivity contribution is 5.75. The van der Waals surface area contributed by atoms with Crippen LogP contribution in [0.25, 0.3) is 0 Å². The summed E-state index contributed by atoms with van der Waals surface area (Å²) in [5.74, 6) is 1.56. The van der Waals surface area contributed by atoms with Gasteiger partial charge in [-0.2, -0.15) is 0 Å². The lowest BCUT2D eigenvalue weighted by atomic mass is 9.89. The molecule has 4 heteroatoms. The maximum Gasteiger partial charge on any atom is 0.311 e. The molecule has 0 aromatic carbocycles. The van der Waals surface area contributed by atoms with E-state index in [1.165, 1.54) is 33.3 Å². The van der Waals surface area contributed by atoms with E-state index < -0.39 is 0 Å². The van der Waals surface area contributed by atoms with E-state index in [-0.39, 0.29) is 11.4 Å². The number of rotatable bonds is 4. The minimum absolute atomic E-state index is 0.0986. The maximum absolute atomic E-state index is 11.6. The van der Waals surface area contributed by atoms with Gasteiger partial charge >= 0.3 is 5.97 Å². The summed E-state index contributed by atoms with van der Waals surface area (Å²) in [6, 6.07) is 0. The Hall–Kier alpha value is -0.610. The predicted octanol–water partition coefficient (Wildman–Crippen LogP) is 0.727. The summed E-state index contributed by atoms with van der Waals surface area (Å²) in [6.45, 7) is 9.66. The van der Waals surface area contributed by atoms with Crippen LogP contribution in [0, 0.1) is 17.3 Å². The molecule has 17 heavy (non-hydrogen) atoms. The van der Waals surface area contributed by atoms with E-state index in [1.807, 2.05) is 13.8 Å². The molecule has 2 heterocycles. The highest BCUT2D eigenvalue weighted by atomic mass is 16.5. The minimum atomic E-state index is -0.356. The second kappa shape index (κ2) is 4.94. The zero-order valence-corrected chi connectivity index (χ0v) is 11.2. The lowest BCUT2D eigenvalue weighted by Crippen LogP contribution is -2.33. The van der Waals surface area contributed by atoms with Gasteiger partial charge in [0.25, 0.3) is 0 Å². The molecule has 0 aliphatic carbocycles. The third kappa shape index (κ3) is 2.80. The average molecular weight is 240 g/mol. The summed E-state index contributed by atoms with van der Waals surface area (Å²) in [5, 5.41) is 3.44. The first-order chi connectivity index (χ1) is 8.03. The third-order valence-electron chi connectivity index (χ3n) is 4.26. The van der Waals surface area contributed by atoms with Crippen LogP contribution < -0.4 is 5.32 Å². The highest BCUT2D eigenvalue weighted by Gasteiger charge is 2.37. The molecule has 0 saturated carbocycles.